The van der Waals surface area contributed by atoms with Crippen LogP contribution in [-0.2, 0) is 6.42 Å². The number of aromatic nitrogens is 1. The second-order valence-corrected chi connectivity index (χ2v) is 6.33. The summed E-state index contributed by atoms with van der Waals surface area (Å²) in [5, 5.41) is 12.4. The van der Waals surface area contributed by atoms with E-state index >= 15 is 0 Å². The molecule has 1 heterocycles. The minimum absolute atomic E-state index is 0.220. The molecule has 0 bridgehead atoms. The van der Waals surface area contributed by atoms with Gasteiger partial charge in [0.05, 0.1) is 10.7 Å². The summed E-state index contributed by atoms with van der Waals surface area (Å²) in [6, 6.07) is 4.41. The van der Waals surface area contributed by atoms with Gasteiger partial charge in [-0.15, -0.1) is 11.3 Å². The summed E-state index contributed by atoms with van der Waals surface area (Å²) in [5.41, 5.74) is 6.18. The van der Waals surface area contributed by atoms with Gasteiger partial charge < -0.3 is 5.11 Å². The van der Waals surface area contributed by atoms with Gasteiger partial charge in [0.2, 0.25) is 0 Å². The van der Waals surface area contributed by atoms with Crippen molar-refractivity contribution in [3.8, 4) is 11.3 Å². The van der Waals surface area contributed by atoms with Crippen molar-refractivity contribution in [3.05, 3.63) is 39.2 Å². The third kappa shape index (κ3) is 3.23. The average molecular weight is 275 g/mol. The van der Waals surface area contributed by atoms with Crippen LogP contribution >= 0.6 is 11.3 Å². The van der Waals surface area contributed by atoms with E-state index in [0.717, 1.165) is 17.1 Å². The van der Waals surface area contributed by atoms with Crippen LogP contribution in [0.1, 0.15) is 28.6 Å². The van der Waals surface area contributed by atoms with E-state index in [9.17, 15) is 0 Å². The highest BCUT2D eigenvalue weighted by atomic mass is 32.1. The summed E-state index contributed by atoms with van der Waals surface area (Å²) >= 11 is 1.69. The van der Waals surface area contributed by atoms with Gasteiger partial charge in [-0.25, -0.2) is 4.98 Å². The van der Waals surface area contributed by atoms with Gasteiger partial charge in [0.25, 0.3) is 0 Å². The lowest BCUT2D eigenvalue weighted by Gasteiger charge is -2.09. The van der Waals surface area contributed by atoms with E-state index in [-0.39, 0.29) is 12.5 Å². The molecule has 0 aliphatic rings. The second-order valence-electron chi connectivity index (χ2n) is 5.39. The second kappa shape index (κ2) is 5.85. The number of aryl methyl sites for hydroxylation is 3. The number of nitrogens with zero attached hydrogens (tertiary/aromatic N) is 1. The first kappa shape index (κ1) is 14.2. The smallest absolute Gasteiger partial charge is 0.0936 e. The van der Waals surface area contributed by atoms with Gasteiger partial charge in [0.15, 0.2) is 0 Å². The van der Waals surface area contributed by atoms with Crippen molar-refractivity contribution in [1.29, 1.82) is 0 Å². The summed E-state index contributed by atoms with van der Waals surface area (Å²) in [4.78, 5) is 4.73. The Labute approximate surface area is 119 Å². The number of aliphatic hydroxyl groups excluding tert-OH is 1. The van der Waals surface area contributed by atoms with Crippen LogP contribution in [0.15, 0.2) is 17.5 Å². The van der Waals surface area contributed by atoms with Crippen LogP contribution in [0.4, 0.5) is 0 Å². The van der Waals surface area contributed by atoms with Crippen LogP contribution in [0, 0.1) is 26.7 Å². The van der Waals surface area contributed by atoms with Gasteiger partial charge in [-0.2, -0.15) is 0 Å². The molecule has 0 amide bonds. The van der Waals surface area contributed by atoms with E-state index in [1.54, 1.807) is 11.3 Å². The molecule has 0 spiro atoms. The molecule has 3 heteroatoms. The molecule has 2 aromatic rings. The maximum atomic E-state index is 9.12. The molecule has 1 aromatic carbocycles. The molecule has 0 saturated heterocycles. The maximum Gasteiger partial charge on any atom is 0.0936 e. The molecule has 2 nitrogen and oxygen atoms in total. The van der Waals surface area contributed by atoms with Gasteiger partial charge in [-0.05, 0) is 37.8 Å². The molecule has 0 saturated carbocycles. The fourth-order valence-corrected chi connectivity index (χ4v) is 3.42. The van der Waals surface area contributed by atoms with Crippen LogP contribution < -0.4 is 0 Å². The monoisotopic (exact) mass is 275 g/mol. The zero-order chi connectivity index (χ0) is 14.0. The van der Waals surface area contributed by atoms with Gasteiger partial charge in [-0.3, -0.25) is 0 Å². The Morgan fingerprint density at radius 3 is 2.42 bits per heavy atom. The van der Waals surface area contributed by atoms with Crippen molar-refractivity contribution in [2.24, 2.45) is 5.92 Å². The molecule has 1 aromatic heterocycles. The molecular weight excluding hydrogens is 254 g/mol. The zero-order valence-electron chi connectivity index (χ0n) is 12.0. The van der Waals surface area contributed by atoms with Crippen molar-refractivity contribution >= 4 is 11.3 Å². The summed E-state index contributed by atoms with van der Waals surface area (Å²) < 4.78 is 0. The predicted molar refractivity (Wildman–Crippen MR) is 81.7 cm³/mol. The maximum absolute atomic E-state index is 9.12. The van der Waals surface area contributed by atoms with Crippen LogP contribution in [0.5, 0.6) is 0 Å². The third-order valence-corrected chi connectivity index (χ3v) is 4.19. The van der Waals surface area contributed by atoms with Crippen LogP contribution in [0.25, 0.3) is 11.3 Å². The minimum Gasteiger partial charge on any atom is -0.396 e. The molecule has 0 aliphatic carbocycles. The Morgan fingerprint density at radius 2 is 1.84 bits per heavy atom. The molecular formula is C16H21NOS. The summed E-state index contributed by atoms with van der Waals surface area (Å²) in [6.07, 6.45) is 0.852. The van der Waals surface area contributed by atoms with Crippen molar-refractivity contribution in [2.45, 2.75) is 34.1 Å². The number of hydrogen-bond acceptors (Lipinski definition) is 3. The highest BCUT2D eigenvalue weighted by Gasteiger charge is 2.12. The molecule has 1 unspecified atom stereocenters. The van der Waals surface area contributed by atoms with Crippen molar-refractivity contribution in [3.63, 3.8) is 0 Å². The molecule has 0 aliphatic heterocycles. The van der Waals surface area contributed by atoms with E-state index in [1.165, 1.54) is 22.3 Å². The summed E-state index contributed by atoms with van der Waals surface area (Å²) in [7, 11) is 0. The quantitative estimate of drug-likeness (QED) is 0.918. The number of rotatable bonds is 4. The fourth-order valence-electron chi connectivity index (χ4n) is 2.47. The first-order chi connectivity index (χ1) is 9.01. The molecule has 2 rings (SSSR count). The number of aliphatic hydroxyl groups is 1. The van der Waals surface area contributed by atoms with Crippen LogP contribution in [0.3, 0.4) is 0 Å². The normalized spacial score (nSPS) is 12.7. The van der Waals surface area contributed by atoms with E-state index in [0.29, 0.717) is 0 Å². The number of benzene rings is 1. The Morgan fingerprint density at radius 1 is 1.21 bits per heavy atom. The molecule has 0 fully saturated rings. The summed E-state index contributed by atoms with van der Waals surface area (Å²) in [6.45, 7) is 8.68. The molecule has 19 heavy (non-hydrogen) atoms. The van der Waals surface area contributed by atoms with Crippen molar-refractivity contribution < 1.29 is 5.11 Å². The highest BCUT2D eigenvalue weighted by molar-refractivity contribution is 7.09. The fraction of sp³-hybridized carbons (Fsp3) is 0.438. The van der Waals surface area contributed by atoms with Gasteiger partial charge >= 0.3 is 0 Å². The number of thiazole rings is 1. The number of hydrogen-bond donors (Lipinski definition) is 1. The Bertz CT molecular complexity index is 551. The molecule has 1 N–H and O–H groups in total. The average Bonchev–Trinajstić information content (AvgIpc) is 2.75. The molecule has 1 atom stereocenters. The van der Waals surface area contributed by atoms with E-state index in [2.05, 4.69) is 38.3 Å². The van der Waals surface area contributed by atoms with E-state index in [1.807, 2.05) is 6.92 Å². The van der Waals surface area contributed by atoms with Gasteiger partial charge in [0, 0.05) is 24.0 Å². The Balaban J connectivity index is 2.33. The van der Waals surface area contributed by atoms with Gasteiger partial charge in [-0.1, -0.05) is 24.6 Å². The van der Waals surface area contributed by atoms with Crippen molar-refractivity contribution in [1.82, 2.24) is 4.98 Å². The largest absolute Gasteiger partial charge is 0.396 e. The molecule has 0 radical (unpaired) electrons. The van der Waals surface area contributed by atoms with E-state index < -0.39 is 0 Å². The minimum atomic E-state index is 0.220. The zero-order valence-corrected chi connectivity index (χ0v) is 12.8. The lowest BCUT2D eigenvalue weighted by atomic mass is 9.98. The van der Waals surface area contributed by atoms with Crippen molar-refractivity contribution in [2.75, 3.05) is 6.61 Å². The first-order valence-corrected chi connectivity index (χ1v) is 7.52. The topological polar surface area (TPSA) is 33.1 Å². The highest BCUT2D eigenvalue weighted by Crippen LogP contribution is 2.30. The lowest BCUT2D eigenvalue weighted by Crippen LogP contribution is -2.04. The predicted octanol–water partition coefficient (Wildman–Crippen LogP) is 3.91. The third-order valence-electron chi connectivity index (χ3n) is 3.32. The van der Waals surface area contributed by atoms with Crippen LogP contribution in [0.2, 0.25) is 0 Å². The first-order valence-electron chi connectivity index (χ1n) is 6.64. The standard InChI is InChI=1S/C16H21NOS/c1-10-5-12(3)16(13(4)6-10)14-9-19-15(17-14)7-11(2)8-18/h5-6,9,11,18H,7-8H2,1-4H3. The Hall–Kier alpha value is -1.19. The lowest BCUT2D eigenvalue weighted by molar-refractivity contribution is 0.237. The Kier molecular flexibility index (Phi) is 4.38. The van der Waals surface area contributed by atoms with Crippen LogP contribution in [-0.4, -0.2) is 16.7 Å². The van der Waals surface area contributed by atoms with Gasteiger partial charge in [0.1, 0.15) is 0 Å². The van der Waals surface area contributed by atoms with E-state index in [4.69, 9.17) is 10.1 Å². The molecule has 102 valence electrons. The summed E-state index contributed by atoms with van der Waals surface area (Å²) in [5.74, 6) is 0.277. The SMILES string of the molecule is Cc1cc(C)c(-c2csc(CC(C)CO)n2)c(C)c1.